The average Bonchev–Trinajstić information content (AvgIpc) is 2.79. The molecule has 35 heavy (non-hydrogen) atoms. The number of carboxylic acid groups (broad SMARTS) is 2. The maximum atomic E-state index is 12.0. The van der Waals surface area contributed by atoms with Crippen molar-refractivity contribution in [1.82, 2.24) is 10.6 Å². The maximum absolute atomic E-state index is 12.0. The van der Waals surface area contributed by atoms with E-state index in [4.69, 9.17) is 5.11 Å². The zero-order chi connectivity index (χ0) is 26.3. The topological polar surface area (TPSA) is 150 Å². The van der Waals surface area contributed by atoms with E-state index in [-0.39, 0.29) is 31.0 Å². The molecular weight excluding hydrogens is 452 g/mol. The fourth-order valence-corrected chi connectivity index (χ4v) is 3.84. The number of ketones is 1. The van der Waals surface area contributed by atoms with E-state index in [1.807, 2.05) is 0 Å². The Labute approximate surface area is 209 Å². The number of carbonyl (C=O) groups is 5. The summed E-state index contributed by atoms with van der Waals surface area (Å²) in [6.07, 6.45) is 16.7. The fraction of sp³-hybridized carbons (Fsp3) is 0.808. The Kier molecular flexibility index (Phi) is 20.5. The quantitative estimate of drug-likeness (QED) is 0.144. The molecule has 9 heteroatoms. The number of nitrogens with one attached hydrogen (secondary N) is 2. The summed E-state index contributed by atoms with van der Waals surface area (Å²) in [5, 5.41) is 22.3. The highest BCUT2D eigenvalue weighted by Gasteiger charge is 2.20. The van der Waals surface area contributed by atoms with Crippen LogP contribution in [-0.4, -0.2) is 52.3 Å². The molecule has 0 bridgehead atoms. The summed E-state index contributed by atoms with van der Waals surface area (Å²) in [4.78, 5) is 56.1. The monoisotopic (exact) mass is 498 g/mol. The zero-order valence-electron chi connectivity index (χ0n) is 21.4. The largest absolute Gasteiger partial charge is 0.480 e. The van der Waals surface area contributed by atoms with Crippen molar-refractivity contribution >= 4 is 29.5 Å². The molecule has 1 unspecified atom stereocenters. The lowest BCUT2D eigenvalue weighted by molar-refractivity contribution is -0.142. The Bertz CT molecular complexity index is 637. The molecule has 0 rings (SSSR count). The van der Waals surface area contributed by atoms with Gasteiger partial charge < -0.3 is 25.6 Å². The van der Waals surface area contributed by atoms with E-state index in [9.17, 15) is 29.1 Å². The first-order valence-electron chi connectivity index (χ1n) is 13.2. The number of aliphatic carboxylic acids is 2. The van der Waals surface area contributed by atoms with Crippen LogP contribution in [0.4, 0.5) is 0 Å². The molecule has 0 fully saturated rings. The van der Waals surface area contributed by atoms with Crippen LogP contribution in [0.2, 0.25) is 0 Å². The summed E-state index contributed by atoms with van der Waals surface area (Å²) in [5.41, 5.74) is 0. The van der Waals surface area contributed by atoms with E-state index >= 15 is 0 Å². The standard InChI is InChI=1S/C26H46N2O7/c1-21(29)16-14-12-10-8-6-4-2-3-5-7-9-11-13-15-17-24(31)28-22(26(34)35)18-19-23(30)27-20-25(32)33/h22H,2-20H2,1H3,(H,27,30)(H,28,31)(H,32,33)(H,34,35). The number of carbonyl (C=O) groups excluding carboxylic acids is 3. The predicted octanol–water partition coefficient (Wildman–Crippen LogP) is 4.37. The third-order valence-corrected chi connectivity index (χ3v) is 5.91. The molecule has 0 saturated heterocycles. The minimum Gasteiger partial charge on any atom is -0.480 e. The Morgan fingerprint density at radius 3 is 1.43 bits per heavy atom. The second kappa shape index (κ2) is 22.0. The Morgan fingerprint density at radius 2 is 1.03 bits per heavy atom. The molecule has 0 aromatic heterocycles. The maximum Gasteiger partial charge on any atom is 0.326 e. The Morgan fingerprint density at radius 1 is 0.600 bits per heavy atom. The fourth-order valence-electron chi connectivity index (χ4n) is 3.84. The molecule has 9 nitrogen and oxygen atoms in total. The van der Waals surface area contributed by atoms with Crippen molar-refractivity contribution in [3.05, 3.63) is 0 Å². The molecular formula is C26H46N2O7. The van der Waals surface area contributed by atoms with Crippen molar-refractivity contribution in [2.75, 3.05) is 6.54 Å². The predicted molar refractivity (Wildman–Crippen MR) is 134 cm³/mol. The molecule has 0 aromatic carbocycles. The number of Topliss-reactive ketones (excluding diaryl/α,β-unsaturated/α-hetero) is 1. The summed E-state index contributed by atoms with van der Waals surface area (Å²) in [5.74, 6) is -3.01. The van der Waals surface area contributed by atoms with Crippen LogP contribution in [-0.2, 0) is 24.0 Å². The second-order valence-corrected chi connectivity index (χ2v) is 9.32. The van der Waals surface area contributed by atoms with Crippen molar-refractivity contribution in [3.63, 3.8) is 0 Å². The SMILES string of the molecule is CC(=O)CCCCCCCCCCCCCCCCC(=O)NC(CCC(=O)NCC(=O)O)C(=O)O. The van der Waals surface area contributed by atoms with Gasteiger partial charge in [-0.2, -0.15) is 0 Å². The van der Waals surface area contributed by atoms with Gasteiger partial charge in [0.25, 0.3) is 0 Å². The third kappa shape index (κ3) is 23.1. The normalized spacial score (nSPS) is 11.6. The van der Waals surface area contributed by atoms with Crippen LogP contribution in [0.15, 0.2) is 0 Å². The van der Waals surface area contributed by atoms with Crippen molar-refractivity contribution < 1.29 is 34.2 Å². The minimum atomic E-state index is -1.21. The Balaban J connectivity index is 3.60. The molecule has 1 atom stereocenters. The van der Waals surface area contributed by atoms with Gasteiger partial charge in [-0.15, -0.1) is 0 Å². The van der Waals surface area contributed by atoms with Gasteiger partial charge in [0.2, 0.25) is 11.8 Å². The first kappa shape index (κ1) is 32.5. The molecule has 4 N–H and O–H groups in total. The summed E-state index contributed by atoms with van der Waals surface area (Å²) in [6.45, 7) is 1.13. The van der Waals surface area contributed by atoms with Gasteiger partial charge in [0, 0.05) is 19.3 Å². The van der Waals surface area contributed by atoms with Gasteiger partial charge >= 0.3 is 11.9 Å². The summed E-state index contributed by atoms with van der Waals surface area (Å²) >= 11 is 0. The van der Waals surface area contributed by atoms with Crippen LogP contribution in [0, 0.1) is 0 Å². The minimum absolute atomic E-state index is 0.0896. The molecule has 0 heterocycles. The number of unbranched alkanes of at least 4 members (excludes halogenated alkanes) is 13. The van der Waals surface area contributed by atoms with Crippen molar-refractivity contribution in [1.29, 1.82) is 0 Å². The average molecular weight is 499 g/mol. The Hall–Kier alpha value is -2.45. The van der Waals surface area contributed by atoms with Gasteiger partial charge in [0.1, 0.15) is 18.4 Å². The molecule has 0 saturated carbocycles. The lowest BCUT2D eigenvalue weighted by Gasteiger charge is -2.14. The summed E-state index contributed by atoms with van der Waals surface area (Å²) in [7, 11) is 0. The molecule has 0 radical (unpaired) electrons. The molecule has 0 aromatic rings. The summed E-state index contributed by atoms with van der Waals surface area (Å²) in [6, 6.07) is -1.16. The number of hydrogen-bond acceptors (Lipinski definition) is 5. The van der Waals surface area contributed by atoms with Gasteiger partial charge in [-0.1, -0.05) is 77.0 Å². The van der Waals surface area contributed by atoms with E-state index in [0.29, 0.717) is 6.42 Å². The van der Waals surface area contributed by atoms with Gasteiger partial charge in [-0.05, 0) is 26.2 Å². The van der Waals surface area contributed by atoms with Crippen molar-refractivity contribution in [3.8, 4) is 0 Å². The molecule has 0 aliphatic heterocycles. The number of hydrogen-bond donors (Lipinski definition) is 4. The van der Waals surface area contributed by atoms with E-state index < -0.39 is 30.4 Å². The number of carboxylic acids is 2. The molecule has 0 aliphatic carbocycles. The van der Waals surface area contributed by atoms with Gasteiger partial charge in [0.05, 0.1) is 0 Å². The molecule has 2 amide bonds. The van der Waals surface area contributed by atoms with Gasteiger partial charge in [-0.25, -0.2) is 4.79 Å². The molecule has 202 valence electrons. The van der Waals surface area contributed by atoms with E-state index in [1.54, 1.807) is 6.92 Å². The first-order chi connectivity index (χ1) is 16.7. The zero-order valence-corrected chi connectivity index (χ0v) is 21.4. The third-order valence-electron chi connectivity index (χ3n) is 5.91. The van der Waals surface area contributed by atoms with E-state index in [1.165, 1.54) is 51.4 Å². The smallest absolute Gasteiger partial charge is 0.326 e. The number of amides is 2. The van der Waals surface area contributed by atoms with Crippen LogP contribution < -0.4 is 10.6 Å². The molecule has 0 aliphatic rings. The first-order valence-corrected chi connectivity index (χ1v) is 13.2. The lowest BCUT2D eigenvalue weighted by atomic mass is 10.0. The highest BCUT2D eigenvalue weighted by molar-refractivity contribution is 5.85. The van der Waals surface area contributed by atoms with Gasteiger partial charge in [0.15, 0.2) is 0 Å². The van der Waals surface area contributed by atoms with Crippen LogP contribution in [0.3, 0.4) is 0 Å². The van der Waals surface area contributed by atoms with E-state index in [0.717, 1.165) is 38.5 Å². The van der Waals surface area contributed by atoms with E-state index in [2.05, 4.69) is 10.6 Å². The highest BCUT2D eigenvalue weighted by Crippen LogP contribution is 2.14. The highest BCUT2D eigenvalue weighted by atomic mass is 16.4. The molecule has 0 spiro atoms. The number of rotatable bonds is 24. The second-order valence-electron chi connectivity index (χ2n) is 9.32. The van der Waals surface area contributed by atoms with Crippen molar-refractivity contribution in [2.24, 2.45) is 0 Å². The van der Waals surface area contributed by atoms with Crippen LogP contribution in [0.1, 0.15) is 122 Å². The van der Waals surface area contributed by atoms with Crippen LogP contribution in [0.5, 0.6) is 0 Å². The van der Waals surface area contributed by atoms with Crippen LogP contribution >= 0.6 is 0 Å². The van der Waals surface area contributed by atoms with Crippen LogP contribution in [0.25, 0.3) is 0 Å². The van der Waals surface area contributed by atoms with Crippen molar-refractivity contribution in [2.45, 2.75) is 129 Å². The van der Waals surface area contributed by atoms with Gasteiger partial charge in [-0.3, -0.25) is 14.4 Å². The lowest BCUT2D eigenvalue weighted by Crippen LogP contribution is -2.41. The summed E-state index contributed by atoms with van der Waals surface area (Å²) < 4.78 is 0.